The van der Waals surface area contributed by atoms with Crippen LogP contribution >= 0.6 is 0 Å². The summed E-state index contributed by atoms with van der Waals surface area (Å²) in [4.78, 5) is 5.01. The topological polar surface area (TPSA) is 30.5 Å². The highest BCUT2D eigenvalue weighted by Crippen LogP contribution is 2.14. The van der Waals surface area contributed by atoms with E-state index in [2.05, 4.69) is 5.48 Å². The van der Waals surface area contributed by atoms with E-state index in [1.807, 2.05) is 0 Å². The third-order valence-electron chi connectivity index (χ3n) is 1.96. The number of hydroxylamine groups is 1. The lowest BCUT2D eigenvalue weighted by Crippen LogP contribution is -2.22. The number of hydrogen-bond donors (Lipinski definition) is 1. The summed E-state index contributed by atoms with van der Waals surface area (Å²) in [5, 5.41) is 0. The number of rotatable bonds is 4. The molecule has 1 unspecified atom stereocenters. The van der Waals surface area contributed by atoms with E-state index in [9.17, 15) is 0 Å². The Morgan fingerprint density at radius 3 is 3.09 bits per heavy atom. The Bertz CT molecular complexity index is 92.1. The second kappa shape index (κ2) is 5.52. The summed E-state index contributed by atoms with van der Waals surface area (Å²) < 4.78 is 5.52. The van der Waals surface area contributed by atoms with Crippen LogP contribution in [0.4, 0.5) is 0 Å². The molecule has 66 valence electrons. The van der Waals surface area contributed by atoms with Gasteiger partial charge in [-0.15, -0.1) is 0 Å². The summed E-state index contributed by atoms with van der Waals surface area (Å²) in [5.74, 6) is 0. The first-order valence-electron chi connectivity index (χ1n) is 4.33. The van der Waals surface area contributed by atoms with Gasteiger partial charge in [-0.05, 0) is 25.7 Å². The molecule has 0 aromatic heterocycles. The molecule has 0 saturated carbocycles. The van der Waals surface area contributed by atoms with Crippen molar-refractivity contribution in [2.45, 2.75) is 31.8 Å². The molecule has 0 spiro atoms. The van der Waals surface area contributed by atoms with Gasteiger partial charge in [-0.1, -0.05) is 0 Å². The van der Waals surface area contributed by atoms with Crippen molar-refractivity contribution >= 4 is 0 Å². The van der Waals surface area contributed by atoms with Crippen LogP contribution in [0.15, 0.2) is 0 Å². The molecule has 1 heterocycles. The zero-order chi connectivity index (χ0) is 7.94. The maximum atomic E-state index is 5.52. The highest BCUT2D eigenvalue weighted by molar-refractivity contribution is 4.62. The summed E-state index contributed by atoms with van der Waals surface area (Å²) in [5.41, 5.74) is 2.65. The smallest absolute Gasteiger partial charge is 0.0706 e. The minimum absolute atomic E-state index is 0.442. The Morgan fingerprint density at radius 1 is 1.55 bits per heavy atom. The molecule has 1 fully saturated rings. The van der Waals surface area contributed by atoms with E-state index in [0.29, 0.717) is 6.10 Å². The van der Waals surface area contributed by atoms with Gasteiger partial charge >= 0.3 is 0 Å². The standard InChI is InChI=1S/C8H17NO2/c1-9-11-7-5-8-4-2-3-6-10-8/h8-9H,2-7H2,1H3. The lowest BCUT2D eigenvalue weighted by Gasteiger charge is -2.21. The minimum atomic E-state index is 0.442. The Kier molecular flexibility index (Phi) is 4.50. The normalized spacial score (nSPS) is 25.4. The fraction of sp³-hybridized carbons (Fsp3) is 1.00. The van der Waals surface area contributed by atoms with Gasteiger partial charge in [0.25, 0.3) is 0 Å². The van der Waals surface area contributed by atoms with Gasteiger partial charge in [-0.25, -0.2) is 5.48 Å². The molecule has 0 aromatic carbocycles. The molecular formula is C8H17NO2. The maximum Gasteiger partial charge on any atom is 0.0706 e. The molecular weight excluding hydrogens is 142 g/mol. The molecule has 0 aliphatic carbocycles. The van der Waals surface area contributed by atoms with Gasteiger partial charge in [0.05, 0.1) is 12.7 Å². The van der Waals surface area contributed by atoms with E-state index in [1.54, 1.807) is 7.05 Å². The van der Waals surface area contributed by atoms with Gasteiger partial charge in [-0.3, -0.25) is 0 Å². The molecule has 3 nitrogen and oxygen atoms in total. The van der Waals surface area contributed by atoms with Crippen molar-refractivity contribution in [1.82, 2.24) is 5.48 Å². The molecule has 0 aromatic rings. The van der Waals surface area contributed by atoms with E-state index >= 15 is 0 Å². The molecule has 1 rings (SSSR count). The van der Waals surface area contributed by atoms with E-state index in [0.717, 1.165) is 19.6 Å². The number of ether oxygens (including phenoxy) is 1. The zero-order valence-corrected chi connectivity index (χ0v) is 7.14. The van der Waals surface area contributed by atoms with Crippen molar-refractivity contribution < 1.29 is 9.57 Å². The molecule has 0 bridgehead atoms. The van der Waals surface area contributed by atoms with Crippen LogP contribution in [0.25, 0.3) is 0 Å². The van der Waals surface area contributed by atoms with Crippen molar-refractivity contribution in [3.63, 3.8) is 0 Å². The Labute approximate surface area is 68.0 Å². The Morgan fingerprint density at radius 2 is 2.45 bits per heavy atom. The lowest BCUT2D eigenvalue weighted by molar-refractivity contribution is -0.0220. The second-order valence-electron chi connectivity index (χ2n) is 2.83. The average Bonchev–Trinajstić information content (AvgIpc) is 2.07. The molecule has 0 amide bonds. The zero-order valence-electron chi connectivity index (χ0n) is 7.14. The van der Waals surface area contributed by atoms with Crippen LogP contribution in [-0.4, -0.2) is 26.4 Å². The fourth-order valence-corrected chi connectivity index (χ4v) is 1.33. The van der Waals surface area contributed by atoms with Crippen molar-refractivity contribution in [2.75, 3.05) is 20.3 Å². The molecule has 1 N–H and O–H groups in total. The summed E-state index contributed by atoms with van der Waals surface area (Å²) in [6.07, 6.45) is 5.19. The van der Waals surface area contributed by atoms with Crippen LogP contribution in [0.1, 0.15) is 25.7 Å². The SMILES string of the molecule is CNOCCC1CCCCO1. The predicted octanol–water partition coefficient (Wildman–Crippen LogP) is 1.10. The van der Waals surface area contributed by atoms with E-state index < -0.39 is 0 Å². The molecule has 1 aliphatic heterocycles. The maximum absolute atomic E-state index is 5.52. The monoisotopic (exact) mass is 159 g/mol. The largest absolute Gasteiger partial charge is 0.378 e. The molecule has 1 saturated heterocycles. The van der Waals surface area contributed by atoms with Crippen molar-refractivity contribution in [3.8, 4) is 0 Å². The quantitative estimate of drug-likeness (QED) is 0.492. The predicted molar refractivity (Wildman–Crippen MR) is 43.2 cm³/mol. The summed E-state index contributed by atoms with van der Waals surface area (Å²) >= 11 is 0. The van der Waals surface area contributed by atoms with Crippen molar-refractivity contribution in [2.24, 2.45) is 0 Å². The summed E-state index contributed by atoms with van der Waals surface area (Å²) in [6, 6.07) is 0. The first-order valence-corrected chi connectivity index (χ1v) is 4.33. The van der Waals surface area contributed by atoms with E-state index in [-0.39, 0.29) is 0 Å². The average molecular weight is 159 g/mol. The number of hydrogen-bond acceptors (Lipinski definition) is 3. The van der Waals surface area contributed by atoms with Crippen molar-refractivity contribution in [3.05, 3.63) is 0 Å². The highest BCUT2D eigenvalue weighted by atomic mass is 16.6. The highest BCUT2D eigenvalue weighted by Gasteiger charge is 2.12. The first kappa shape index (κ1) is 8.97. The van der Waals surface area contributed by atoms with Gasteiger partial charge in [0.2, 0.25) is 0 Å². The van der Waals surface area contributed by atoms with E-state index in [1.165, 1.54) is 19.3 Å². The van der Waals surface area contributed by atoms with Crippen LogP contribution in [-0.2, 0) is 9.57 Å². The van der Waals surface area contributed by atoms with Gasteiger partial charge in [0, 0.05) is 13.7 Å². The molecule has 1 atom stereocenters. The third-order valence-corrected chi connectivity index (χ3v) is 1.96. The van der Waals surface area contributed by atoms with E-state index in [4.69, 9.17) is 9.57 Å². The second-order valence-corrected chi connectivity index (χ2v) is 2.83. The van der Waals surface area contributed by atoms with Gasteiger partial charge < -0.3 is 9.57 Å². The lowest BCUT2D eigenvalue weighted by atomic mass is 10.1. The van der Waals surface area contributed by atoms with Gasteiger partial charge in [-0.2, -0.15) is 0 Å². The fourth-order valence-electron chi connectivity index (χ4n) is 1.33. The van der Waals surface area contributed by atoms with Crippen LogP contribution in [0.5, 0.6) is 0 Å². The third kappa shape index (κ3) is 3.70. The molecule has 1 aliphatic rings. The first-order chi connectivity index (χ1) is 5.43. The van der Waals surface area contributed by atoms with Gasteiger partial charge in [0.1, 0.15) is 0 Å². The Hall–Kier alpha value is -0.120. The van der Waals surface area contributed by atoms with Gasteiger partial charge in [0.15, 0.2) is 0 Å². The van der Waals surface area contributed by atoms with Crippen LogP contribution in [0.2, 0.25) is 0 Å². The molecule has 11 heavy (non-hydrogen) atoms. The minimum Gasteiger partial charge on any atom is -0.378 e. The molecule has 0 radical (unpaired) electrons. The van der Waals surface area contributed by atoms with Crippen LogP contribution in [0, 0.1) is 0 Å². The Balaban J connectivity index is 1.96. The van der Waals surface area contributed by atoms with Crippen molar-refractivity contribution in [1.29, 1.82) is 0 Å². The molecule has 3 heteroatoms. The van der Waals surface area contributed by atoms with Crippen LogP contribution < -0.4 is 5.48 Å². The summed E-state index contributed by atoms with van der Waals surface area (Å²) in [6.45, 7) is 1.69. The van der Waals surface area contributed by atoms with Crippen LogP contribution in [0.3, 0.4) is 0 Å². The summed E-state index contributed by atoms with van der Waals surface area (Å²) in [7, 11) is 1.78. The number of nitrogens with one attached hydrogen (secondary N) is 1.